The maximum atomic E-state index is 12.5. The molecule has 0 atom stereocenters. The van der Waals surface area contributed by atoms with E-state index in [4.69, 9.17) is 0 Å². The molecule has 0 unspecified atom stereocenters. The lowest BCUT2D eigenvalue weighted by atomic mass is 10.0. The summed E-state index contributed by atoms with van der Waals surface area (Å²) in [6.07, 6.45) is 3.03. The Labute approximate surface area is 144 Å². The molecule has 2 aromatic rings. The first-order valence-corrected chi connectivity index (χ1v) is 8.80. The molecule has 0 aromatic carbocycles. The number of hydrogen-bond donors (Lipinski definition) is 1. The highest BCUT2D eigenvalue weighted by molar-refractivity contribution is 7.13. The van der Waals surface area contributed by atoms with Crippen molar-refractivity contribution in [2.45, 2.75) is 32.7 Å². The van der Waals surface area contributed by atoms with Crippen molar-refractivity contribution in [2.24, 2.45) is 0 Å². The summed E-state index contributed by atoms with van der Waals surface area (Å²) in [7, 11) is 0. The highest BCUT2D eigenvalue weighted by atomic mass is 32.1. The van der Waals surface area contributed by atoms with E-state index in [0.717, 1.165) is 28.3 Å². The summed E-state index contributed by atoms with van der Waals surface area (Å²) in [4.78, 5) is 28.4. The van der Waals surface area contributed by atoms with Crippen molar-refractivity contribution in [1.29, 1.82) is 0 Å². The van der Waals surface area contributed by atoms with Gasteiger partial charge in [0.25, 0.3) is 11.8 Å². The maximum Gasteiger partial charge on any atom is 0.261 e. The van der Waals surface area contributed by atoms with Gasteiger partial charge >= 0.3 is 0 Å². The van der Waals surface area contributed by atoms with Gasteiger partial charge in [-0.05, 0) is 44.9 Å². The molecule has 0 spiro atoms. The van der Waals surface area contributed by atoms with Crippen molar-refractivity contribution in [2.75, 3.05) is 13.1 Å². The highest BCUT2D eigenvalue weighted by Gasteiger charge is 2.25. The molecule has 6 nitrogen and oxygen atoms in total. The van der Waals surface area contributed by atoms with Crippen LogP contribution in [0.3, 0.4) is 0 Å². The molecule has 1 aliphatic heterocycles. The SMILES string of the molecule is Cc1cc(C(=O)N2CCC(NC(=O)c3ccc(C)s3)CC2)cnn1. The lowest BCUT2D eigenvalue weighted by molar-refractivity contribution is 0.0697. The fourth-order valence-electron chi connectivity index (χ4n) is 2.81. The van der Waals surface area contributed by atoms with Gasteiger partial charge in [0.15, 0.2) is 0 Å². The average molecular weight is 344 g/mol. The van der Waals surface area contributed by atoms with E-state index in [1.165, 1.54) is 17.5 Å². The van der Waals surface area contributed by atoms with Crippen molar-refractivity contribution in [1.82, 2.24) is 20.4 Å². The number of hydrogen-bond acceptors (Lipinski definition) is 5. The zero-order valence-electron chi connectivity index (χ0n) is 13.8. The lowest BCUT2D eigenvalue weighted by Gasteiger charge is -2.32. The van der Waals surface area contributed by atoms with Gasteiger partial charge in [0.2, 0.25) is 0 Å². The Morgan fingerprint density at radius 1 is 1.25 bits per heavy atom. The number of carbonyl (C=O) groups excluding carboxylic acids is 2. The second kappa shape index (κ2) is 7.09. The van der Waals surface area contributed by atoms with E-state index in [1.807, 2.05) is 30.9 Å². The first kappa shape index (κ1) is 16.6. The number of thiophene rings is 1. The third-order valence-corrected chi connectivity index (χ3v) is 5.10. The van der Waals surface area contributed by atoms with Gasteiger partial charge in [0.1, 0.15) is 0 Å². The minimum Gasteiger partial charge on any atom is -0.348 e. The van der Waals surface area contributed by atoms with Crippen LogP contribution in [0, 0.1) is 13.8 Å². The van der Waals surface area contributed by atoms with Crippen LogP contribution in [0.15, 0.2) is 24.4 Å². The minimum absolute atomic E-state index is 0.0214. The van der Waals surface area contributed by atoms with Gasteiger partial charge in [-0.3, -0.25) is 9.59 Å². The number of likely N-dealkylation sites (tertiary alicyclic amines) is 1. The molecule has 7 heteroatoms. The van der Waals surface area contributed by atoms with E-state index in [9.17, 15) is 9.59 Å². The number of carbonyl (C=O) groups is 2. The summed E-state index contributed by atoms with van der Waals surface area (Å²) in [6, 6.07) is 5.67. The van der Waals surface area contributed by atoms with Gasteiger partial charge in [-0.1, -0.05) is 0 Å². The maximum absolute atomic E-state index is 12.5. The first-order valence-electron chi connectivity index (χ1n) is 7.99. The topological polar surface area (TPSA) is 75.2 Å². The van der Waals surface area contributed by atoms with Crippen LogP contribution in [0.25, 0.3) is 0 Å². The molecule has 1 fully saturated rings. The van der Waals surface area contributed by atoms with Crippen LogP contribution >= 0.6 is 11.3 Å². The van der Waals surface area contributed by atoms with Crippen LogP contribution in [0.1, 0.15) is 43.4 Å². The quantitative estimate of drug-likeness (QED) is 0.926. The fraction of sp³-hybridized carbons (Fsp3) is 0.412. The summed E-state index contributed by atoms with van der Waals surface area (Å²) in [6.45, 7) is 5.07. The molecule has 24 heavy (non-hydrogen) atoms. The average Bonchev–Trinajstić information content (AvgIpc) is 3.01. The Balaban J connectivity index is 1.54. The van der Waals surface area contributed by atoms with Crippen LogP contribution in [-0.2, 0) is 0 Å². The molecular formula is C17H20N4O2S. The molecule has 3 rings (SSSR count). The van der Waals surface area contributed by atoms with Gasteiger partial charge in [0.05, 0.1) is 22.3 Å². The Morgan fingerprint density at radius 2 is 2.00 bits per heavy atom. The Kier molecular flexibility index (Phi) is 4.89. The van der Waals surface area contributed by atoms with Crippen LogP contribution in [0.4, 0.5) is 0 Å². The number of aryl methyl sites for hydroxylation is 2. The molecule has 2 amide bonds. The smallest absolute Gasteiger partial charge is 0.261 e. The van der Waals surface area contributed by atoms with Gasteiger partial charge in [-0.25, -0.2) is 0 Å². The first-order chi connectivity index (χ1) is 11.5. The van der Waals surface area contributed by atoms with Gasteiger partial charge < -0.3 is 10.2 Å². The summed E-state index contributed by atoms with van der Waals surface area (Å²) in [5.74, 6) is -0.0431. The van der Waals surface area contributed by atoms with Crippen molar-refractivity contribution in [3.05, 3.63) is 45.4 Å². The molecule has 1 N–H and O–H groups in total. The number of amides is 2. The number of piperidine rings is 1. The summed E-state index contributed by atoms with van der Waals surface area (Å²) in [5.41, 5.74) is 1.30. The molecule has 1 aliphatic rings. The molecule has 0 aliphatic carbocycles. The zero-order valence-corrected chi connectivity index (χ0v) is 14.6. The summed E-state index contributed by atoms with van der Waals surface area (Å²) in [5, 5.41) is 10.8. The largest absolute Gasteiger partial charge is 0.348 e. The predicted molar refractivity (Wildman–Crippen MR) is 92.2 cm³/mol. The highest BCUT2D eigenvalue weighted by Crippen LogP contribution is 2.17. The predicted octanol–water partition coefficient (Wildman–Crippen LogP) is 2.19. The monoisotopic (exact) mass is 344 g/mol. The van der Waals surface area contributed by atoms with E-state index in [0.29, 0.717) is 18.7 Å². The second-order valence-corrected chi connectivity index (χ2v) is 7.32. The molecule has 0 radical (unpaired) electrons. The van der Waals surface area contributed by atoms with Crippen LogP contribution in [-0.4, -0.2) is 46.0 Å². The number of aromatic nitrogens is 2. The lowest BCUT2D eigenvalue weighted by Crippen LogP contribution is -2.46. The van der Waals surface area contributed by atoms with Gasteiger partial charge in [-0.2, -0.15) is 10.2 Å². The number of nitrogens with one attached hydrogen (secondary N) is 1. The Bertz CT molecular complexity index is 751. The number of nitrogens with zero attached hydrogens (tertiary/aromatic N) is 3. The van der Waals surface area contributed by atoms with Crippen molar-refractivity contribution in [3.8, 4) is 0 Å². The molecule has 2 aromatic heterocycles. The normalized spacial score (nSPS) is 15.3. The van der Waals surface area contributed by atoms with E-state index in [1.54, 1.807) is 6.07 Å². The van der Waals surface area contributed by atoms with Gasteiger partial charge in [-0.15, -0.1) is 11.3 Å². The summed E-state index contributed by atoms with van der Waals surface area (Å²) < 4.78 is 0. The third kappa shape index (κ3) is 3.79. The van der Waals surface area contributed by atoms with E-state index < -0.39 is 0 Å². The molecule has 0 bridgehead atoms. The van der Waals surface area contributed by atoms with E-state index >= 15 is 0 Å². The van der Waals surface area contributed by atoms with Crippen LogP contribution in [0.5, 0.6) is 0 Å². The van der Waals surface area contributed by atoms with Crippen molar-refractivity contribution >= 4 is 23.2 Å². The molecule has 0 saturated carbocycles. The van der Waals surface area contributed by atoms with Crippen LogP contribution in [0.2, 0.25) is 0 Å². The number of rotatable bonds is 3. The molecule has 3 heterocycles. The van der Waals surface area contributed by atoms with Crippen molar-refractivity contribution < 1.29 is 9.59 Å². The van der Waals surface area contributed by atoms with Gasteiger partial charge in [0, 0.05) is 24.0 Å². The Morgan fingerprint density at radius 3 is 2.62 bits per heavy atom. The van der Waals surface area contributed by atoms with E-state index in [-0.39, 0.29) is 17.9 Å². The third-order valence-electron chi connectivity index (χ3n) is 4.11. The van der Waals surface area contributed by atoms with E-state index in [2.05, 4.69) is 15.5 Å². The summed E-state index contributed by atoms with van der Waals surface area (Å²) >= 11 is 1.50. The van der Waals surface area contributed by atoms with Crippen molar-refractivity contribution in [3.63, 3.8) is 0 Å². The molecule has 126 valence electrons. The van der Waals surface area contributed by atoms with Crippen LogP contribution < -0.4 is 5.32 Å². The fourth-order valence-corrected chi connectivity index (χ4v) is 3.58. The molecular weight excluding hydrogens is 324 g/mol. The minimum atomic E-state index is -0.0216. The molecule has 1 saturated heterocycles. The Hall–Kier alpha value is -2.28. The zero-order chi connectivity index (χ0) is 17.1. The second-order valence-electron chi connectivity index (χ2n) is 6.04. The standard InChI is InChI=1S/C17H20N4O2S/c1-11-9-13(10-18-20-11)17(23)21-7-5-14(6-8-21)19-16(22)15-4-3-12(2)24-15/h3-4,9-10,14H,5-8H2,1-2H3,(H,19,22).